The number of pyridine rings is 1. The van der Waals surface area contributed by atoms with E-state index in [1.165, 1.54) is 22.3 Å². The Labute approximate surface area is 271 Å². The van der Waals surface area contributed by atoms with Crippen molar-refractivity contribution in [2.45, 2.75) is 53.9 Å². The van der Waals surface area contributed by atoms with Crippen molar-refractivity contribution in [3.8, 4) is 45.1 Å². The maximum Gasteiger partial charge on any atom is 0.149 e. The second kappa shape index (κ2) is 11.0. The first-order valence-electron chi connectivity index (χ1n) is 15.9. The number of para-hydroxylation sites is 2. The first-order chi connectivity index (χ1) is 22.0. The Morgan fingerprint density at radius 2 is 1.35 bits per heavy atom. The lowest BCUT2D eigenvalue weighted by Gasteiger charge is -2.24. The van der Waals surface area contributed by atoms with Crippen molar-refractivity contribution in [3.05, 3.63) is 131 Å². The molecule has 2 aromatic heterocycles. The highest BCUT2D eigenvalue weighted by atomic mass is 16.3. The van der Waals surface area contributed by atoms with Crippen LogP contribution >= 0.6 is 0 Å². The first kappa shape index (κ1) is 29.5. The van der Waals surface area contributed by atoms with Crippen LogP contribution in [0, 0.1) is 27.7 Å². The molecule has 0 saturated carbocycles. The lowest BCUT2D eigenvalue weighted by Crippen LogP contribution is -2.13. The summed E-state index contributed by atoms with van der Waals surface area (Å²) >= 11 is 0. The summed E-state index contributed by atoms with van der Waals surface area (Å²) < 4.78 is 2.27. The molecule has 2 heterocycles. The molecule has 0 spiro atoms. The van der Waals surface area contributed by atoms with Gasteiger partial charge in [0.25, 0.3) is 0 Å². The van der Waals surface area contributed by atoms with Gasteiger partial charge >= 0.3 is 0 Å². The van der Waals surface area contributed by atoms with E-state index in [1.807, 2.05) is 30.5 Å². The number of aryl methyl sites for hydroxylation is 4. The van der Waals surface area contributed by atoms with Crippen LogP contribution in [0.15, 0.2) is 103 Å². The minimum Gasteiger partial charge on any atom is -0.507 e. The fraction of sp³-hybridized carbons (Fsp3) is 0.190. The van der Waals surface area contributed by atoms with Gasteiger partial charge in [0.15, 0.2) is 0 Å². The zero-order valence-electron chi connectivity index (χ0n) is 27.6. The van der Waals surface area contributed by atoms with Gasteiger partial charge in [-0.2, -0.15) is 0 Å². The summed E-state index contributed by atoms with van der Waals surface area (Å²) in [5.74, 6) is 0.937. The number of aromatic nitrogens is 3. The summed E-state index contributed by atoms with van der Waals surface area (Å²) in [5.41, 5.74) is 15.0. The standard InChI is InChI=1S/C42H39N3O/c1-25-22-27(3)39(28(4)23-25)45-40-26(2)17-19-32(38(40)44-41(45)33-14-8-9-16-36(33)46)34-24-30(18-20-35(34)42(5,6)7)31-15-10-12-29-13-11-21-43-37(29)31/h8-24,46H,1-7H3. The van der Waals surface area contributed by atoms with Crippen molar-refractivity contribution in [2.75, 3.05) is 0 Å². The van der Waals surface area contributed by atoms with Crippen LogP contribution in [0.4, 0.5) is 0 Å². The molecule has 228 valence electrons. The third-order valence-electron chi connectivity index (χ3n) is 9.07. The Morgan fingerprint density at radius 1 is 0.630 bits per heavy atom. The van der Waals surface area contributed by atoms with Crippen LogP contribution in [-0.2, 0) is 5.41 Å². The van der Waals surface area contributed by atoms with Gasteiger partial charge in [-0.15, -0.1) is 0 Å². The molecule has 0 bridgehead atoms. The number of aromatic hydroxyl groups is 1. The molecule has 0 radical (unpaired) electrons. The molecule has 0 fully saturated rings. The molecule has 5 aromatic carbocycles. The fourth-order valence-corrected chi connectivity index (χ4v) is 7.07. The van der Waals surface area contributed by atoms with E-state index < -0.39 is 0 Å². The van der Waals surface area contributed by atoms with Crippen LogP contribution < -0.4 is 0 Å². The largest absolute Gasteiger partial charge is 0.507 e. The molecule has 4 heteroatoms. The molecule has 0 unspecified atom stereocenters. The van der Waals surface area contributed by atoms with Crippen molar-refractivity contribution in [1.29, 1.82) is 0 Å². The molecule has 0 amide bonds. The van der Waals surface area contributed by atoms with Crippen molar-refractivity contribution >= 4 is 21.9 Å². The fourth-order valence-electron chi connectivity index (χ4n) is 7.07. The number of benzene rings is 5. The minimum atomic E-state index is -0.116. The molecular formula is C42H39N3O. The van der Waals surface area contributed by atoms with E-state index >= 15 is 0 Å². The number of rotatable bonds is 4. The summed E-state index contributed by atoms with van der Waals surface area (Å²) in [6.45, 7) is 15.4. The molecule has 0 aliphatic heterocycles. The Hall–Kier alpha value is -5.22. The number of phenols is 1. The van der Waals surface area contributed by atoms with Crippen LogP contribution in [0.25, 0.3) is 61.3 Å². The van der Waals surface area contributed by atoms with Crippen LogP contribution in [0.5, 0.6) is 5.75 Å². The summed E-state index contributed by atoms with van der Waals surface area (Å²) in [5, 5.41) is 12.3. The number of nitrogens with zero attached hydrogens (tertiary/aromatic N) is 3. The zero-order chi connectivity index (χ0) is 32.3. The van der Waals surface area contributed by atoms with E-state index in [9.17, 15) is 5.11 Å². The van der Waals surface area contributed by atoms with Gasteiger partial charge < -0.3 is 5.11 Å². The van der Waals surface area contributed by atoms with Gasteiger partial charge in [-0.3, -0.25) is 9.55 Å². The highest BCUT2D eigenvalue weighted by Crippen LogP contribution is 2.43. The van der Waals surface area contributed by atoms with E-state index in [0.29, 0.717) is 5.56 Å². The van der Waals surface area contributed by atoms with E-state index in [0.717, 1.165) is 61.3 Å². The summed E-state index contributed by atoms with van der Waals surface area (Å²) in [7, 11) is 0. The average Bonchev–Trinajstić information content (AvgIpc) is 3.40. The van der Waals surface area contributed by atoms with Gasteiger partial charge in [-0.05, 0) is 90.8 Å². The SMILES string of the molecule is Cc1cc(C)c(-n2c(-c3ccccc3O)nc3c(-c4cc(-c5cccc6cccnc56)ccc4C(C)(C)C)ccc(C)c32)c(C)c1. The minimum absolute atomic E-state index is 0.116. The van der Waals surface area contributed by atoms with Gasteiger partial charge in [-0.25, -0.2) is 4.98 Å². The number of phenolic OH excluding ortho intramolecular Hbond substituents is 1. The maximum absolute atomic E-state index is 11.1. The Balaban J connectivity index is 1.59. The first-order valence-corrected chi connectivity index (χ1v) is 15.9. The Bertz CT molecular complexity index is 2270. The molecule has 0 saturated heterocycles. The van der Waals surface area contributed by atoms with E-state index in [1.54, 1.807) is 6.07 Å². The molecule has 4 nitrogen and oxygen atoms in total. The number of hydrogen-bond acceptors (Lipinski definition) is 3. The normalized spacial score (nSPS) is 11.9. The quantitative estimate of drug-likeness (QED) is 0.218. The second-order valence-electron chi connectivity index (χ2n) is 13.6. The van der Waals surface area contributed by atoms with Crippen molar-refractivity contribution in [1.82, 2.24) is 14.5 Å². The smallest absolute Gasteiger partial charge is 0.149 e. The molecular weight excluding hydrogens is 562 g/mol. The number of fused-ring (bicyclic) bond motifs is 2. The van der Waals surface area contributed by atoms with Crippen molar-refractivity contribution in [3.63, 3.8) is 0 Å². The third kappa shape index (κ3) is 4.85. The van der Waals surface area contributed by atoms with Crippen LogP contribution in [0.1, 0.15) is 48.6 Å². The maximum atomic E-state index is 11.1. The highest BCUT2D eigenvalue weighted by molar-refractivity contribution is 6.00. The van der Waals surface area contributed by atoms with Crippen LogP contribution in [0.3, 0.4) is 0 Å². The van der Waals surface area contributed by atoms with Crippen LogP contribution in [-0.4, -0.2) is 19.6 Å². The Morgan fingerprint density at radius 3 is 2.09 bits per heavy atom. The van der Waals surface area contributed by atoms with Crippen molar-refractivity contribution in [2.24, 2.45) is 0 Å². The van der Waals surface area contributed by atoms with E-state index in [-0.39, 0.29) is 11.2 Å². The predicted octanol–water partition coefficient (Wildman–Crippen LogP) is 10.8. The van der Waals surface area contributed by atoms with E-state index in [2.05, 4.69) is 120 Å². The van der Waals surface area contributed by atoms with Gasteiger partial charge in [0.05, 0.1) is 27.8 Å². The number of imidazole rings is 1. The topological polar surface area (TPSA) is 50.9 Å². The van der Waals surface area contributed by atoms with Gasteiger partial charge in [0.2, 0.25) is 0 Å². The van der Waals surface area contributed by atoms with E-state index in [4.69, 9.17) is 9.97 Å². The molecule has 7 aromatic rings. The molecule has 0 aliphatic rings. The number of hydrogen-bond donors (Lipinski definition) is 1. The summed E-state index contributed by atoms with van der Waals surface area (Å²) in [4.78, 5) is 10.2. The average molecular weight is 602 g/mol. The summed E-state index contributed by atoms with van der Waals surface area (Å²) in [6, 6.07) is 33.7. The zero-order valence-corrected chi connectivity index (χ0v) is 27.6. The Kier molecular flexibility index (Phi) is 7.05. The molecule has 1 N–H and O–H groups in total. The predicted molar refractivity (Wildman–Crippen MR) is 192 cm³/mol. The van der Waals surface area contributed by atoms with Gasteiger partial charge in [0, 0.05) is 22.7 Å². The highest BCUT2D eigenvalue weighted by Gasteiger charge is 2.26. The second-order valence-corrected chi connectivity index (χ2v) is 13.6. The van der Waals surface area contributed by atoms with Crippen LogP contribution in [0.2, 0.25) is 0 Å². The van der Waals surface area contributed by atoms with Gasteiger partial charge in [-0.1, -0.05) is 99.1 Å². The summed E-state index contributed by atoms with van der Waals surface area (Å²) in [6.07, 6.45) is 1.86. The molecule has 0 atom stereocenters. The van der Waals surface area contributed by atoms with Crippen molar-refractivity contribution < 1.29 is 5.11 Å². The molecule has 0 aliphatic carbocycles. The molecule has 7 rings (SSSR count). The monoisotopic (exact) mass is 601 g/mol. The molecule has 46 heavy (non-hydrogen) atoms. The lowest BCUT2D eigenvalue weighted by molar-refractivity contribution is 0.477. The van der Waals surface area contributed by atoms with Gasteiger partial charge in [0.1, 0.15) is 11.6 Å². The third-order valence-corrected chi connectivity index (χ3v) is 9.07. The lowest BCUT2D eigenvalue weighted by atomic mass is 9.80.